The zero-order chi connectivity index (χ0) is 17.4. The molecule has 2 aliphatic carbocycles. The number of rotatable bonds is 6. The van der Waals surface area contributed by atoms with Gasteiger partial charge in [0.25, 0.3) is 5.56 Å². The van der Waals surface area contributed by atoms with Gasteiger partial charge in [-0.25, -0.2) is 9.59 Å². The maximum atomic E-state index is 12.4. The predicted molar refractivity (Wildman–Crippen MR) is 86.1 cm³/mol. The van der Waals surface area contributed by atoms with Crippen molar-refractivity contribution in [2.24, 2.45) is 0 Å². The maximum Gasteiger partial charge on any atom is 0.338 e. The largest absolute Gasteiger partial charge is 0.461 e. The van der Waals surface area contributed by atoms with E-state index in [0.29, 0.717) is 12.8 Å². The van der Waals surface area contributed by atoms with Crippen LogP contribution in [0.1, 0.15) is 51.2 Å². The molecule has 8 nitrogen and oxygen atoms in total. The Balaban J connectivity index is 1.31. The van der Waals surface area contributed by atoms with Crippen molar-refractivity contribution in [2.45, 2.75) is 69.0 Å². The van der Waals surface area contributed by atoms with Gasteiger partial charge >= 0.3 is 11.7 Å². The zero-order valence-corrected chi connectivity index (χ0v) is 13.9. The Kier molecular flexibility index (Phi) is 4.24. The Morgan fingerprint density at radius 1 is 1.28 bits per heavy atom. The predicted octanol–water partition coefficient (Wildman–Crippen LogP) is 0.859. The molecule has 0 aromatic carbocycles. The van der Waals surface area contributed by atoms with Crippen molar-refractivity contribution in [3.05, 3.63) is 33.1 Å². The van der Waals surface area contributed by atoms with Crippen LogP contribution in [0, 0.1) is 0 Å². The van der Waals surface area contributed by atoms with E-state index in [1.807, 2.05) is 0 Å². The van der Waals surface area contributed by atoms with Crippen molar-refractivity contribution in [3.63, 3.8) is 0 Å². The van der Waals surface area contributed by atoms with E-state index in [2.05, 4.69) is 4.98 Å². The molecule has 0 spiro atoms. The van der Waals surface area contributed by atoms with E-state index in [9.17, 15) is 14.4 Å². The number of nitrogens with zero attached hydrogens (tertiary/aromatic N) is 1. The summed E-state index contributed by atoms with van der Waals surface area (Å²) < 4.78 is 18.5. The molecule has 0 amide bonds. The fraction of sp³-hybridized carbons (Fsp3) is 0.706. The summed E-state index contributed by atoms with van der Waals surface area (Å²) in [6, 6.07) is 1.29. The molecule has 1 aromatic heterocycles. The lowest BCUT2D eigenvalue weighted by Gasteiger charge is -2.39. The summed E-state index contributed by atoms with van der Waals surface area (Å²) in [5.74, 6) is -0.293. The molecule has 2 heterocycles. The lowest BCUT2D eigenvalue weighted by atomic mass is 9.80. The van der Waals surface area contributed by atoms with E-state index in [1.165, 1.54) is 16.8 Å². The molecule has 1 N–H and O–H groups in total. The summed E-state index contributed by atoms with van der Waals surface area (Å²) in [7, 11) is 0. The van der Waals surface area contributed by atoms with Gasteiger partial charge in [-0.15, -0.1) is 0 Å². The Hall–Kier alpha value is -1.93. The second kappa shape index (κ2) is 6.42. The Bertz CT molecular complexity index is 761. The number of hydrogen-bond donors (Lipinski definition) is 1. The first-order chi connectivity index (χ1) is 12.1. The summed E-state index contributed by atoms with van der Waals surface area (Å²) in [5.41, 5.74) is -1.68. The number of aromatic nitrogens is 2. The topological polar surface area (TPSA) is 99.6 Å². The number of nitrogens with one attached hydrogen (secondary N) is 1. The minimum Gasteiger partial charge on any atom is -0.461 e. The SMILES string of the molecule is O=C(OCC1CCC(n2ccc(=O)[nH]c2=O)O1)C1(OC2CC2)CCC1. The van der Waals surface area contributed by atoms with Crippen LogP contribution in [-0.4, -0.2) is 39.9 Å². The zero-order valence-electron chi connectivity index (χ0n) is 13.9. The normalized spacial score (nSPS) is 27.7. The second-order valence-corrected chi connectivity index (χ2v) is 7.07. The van der Waals surface area contributed by atoms with Crippen LogP contribution in [0.25, 0.3) is 0 Å². The summed E-state index contributed by atoms with van der Waals surface area (Å²) in [6.07, 6.45) is 6.72. The average molecular weight is 350 g/mol. The smallest absolute Gasteiger partial charge is 0.338 e. The fourth-order valence-corrected chi connectivity index (χ4v) is 3.34. The second-order valence-electron chi connectivity index (χ2n) is 7.07. The molecule has 4 rings (SSSR count). The minimum absolute atomic E-state index is 0.156. The van der Waals surface area contributed by atoms with E-state index in [1.54, 1.807) is 0 Å². The highest BCUT2D eigenvalue weighted by atomic mass is 16.6. The summed E-state index contributed by atoms with van der Waals surface area (Å²) in [4.78, 5) is 37.6. The van der Waals surface area contributed by atoms with Crippen molar-refractivity contribution < 1.29 is 19.0 Å². The third-order valence-corrected chi connectivity index (χ3v) is 5.10. The van der Waals surface area contributed by atoms with Gasteiger partial charge in [0.15, 0.2) is 5.60 Å². The molecule has 3 fully saturated rings. The summed E-state index contributed by atoms with van der Waals surface area (Å²) in [6.45, 7) is 0.156. The first-order valence-corrected chi connectivity index (χ1v) is 8.88. The molecule has 136 valence electrons. The standard InChI is InChI=1S/C17H22N2O6/c20-13-6-9-19(16(22)18-13)14-5-4-12(24-14)10-23-15(21)17(7-1-8-17)25-11-2-3-11/h6,9,11-12,14H,1-5,7-8,10H2,(H,18,20,22). The number of hydrogen-bond acceptors (Lipinski definition) is 6. The highest BCUT2D eigenvalue weighted by molar-refractivity contribution is 5.80. The van der Waals surface area contributed by atoms with Crippen molar-refractivity contribution >= 4 is 5.97 Å². The van der Waals surface area contributed by atoms with Crippen LogP contribution in [0.2, 0.25) is 0 Å². The quantitative estimate of drug-likeness (QED) is 0.764. The molecular formula is C17H22N2O6. The molecule has 0 radical (unpaired) electrons. The molecule has 2 unspecified atom stereocenters. The van der Waals surface area contributed by atoms with Crippen LogP contribution < -0.4 is 11.2 Å². The van der Waals surface area contributed by atoms with Crippen LogP contribution in [-0.2, 0) is 19.0 Å². The van der Waals surface area contributed by atoms with Crippen molar-refractivity contribution in [2.75, 3.05) is 6.61 Å². The van der Waals surface area contributed by atoms with Crippen LogP contribution >= 0.6 is 0 Å². The number of carbonyl (C=O) groups is 1. The highest BCUT2D eigenvalue weighted by Gasteiger charge is 2.50. The Morgan fingerprint density at radius 3 is 2.72 bits per heavy atom. The van der Waals surface area contributed by atoms with Crippen LogP contribution in [0.4, 0.5) is 0 Å². The van der Waals surface area contributed by atoms with Gasteiger partial charge in [-0.1, -0.05) is 0 Å². The van der Waals surface area contributed by atoms with E-state index in [-0.39, 0.29) is 24.8 Å². The van der Waals surface area contributed by atoms with E-state index < -0.39 is 23.1 Å². The molecule has 8 heteroatoms. The third kappa shape index (κ3) is 3.41. The van der Waals surface area contributed by atoms with Crippen molar-refractivity contribution in [1.82, 2.24) is 9.55 Å². The molecule has 3 aliphatic rings. The van der Waals surface area contributed by atoms with E-state index >= 15 is 0 Å². The Morgan fingerprint density at radius 2 is 2.08 bits per heavy atom. The van der Waals surface area contributed by atoms with Gasteiger partial charge in [0.2, 0.25) is 0 Å². The van der Waals surface area contributed by atoms with Crippen LogP contribution in [0.5, 0.6) is 0 Å². The molecule has 2 saturated carbocycles. The lowest BCUT2D eigenvalue weighted by molar-refractivity contribution is -0.191. The number of aromatic amines is 1. The number of esters is 1. The van der Waals surface area contributed by atoms with Crippen molar-refractivity contribution in [3.8, 4) is 0 Å². The van der Waals surface area contributed by atoms with E-state index in [0.717, 1.165) is 32.1 Å². The van der Waals surface area contributed by atoms with Crippen LogP contribution in [0.3, 0.4) is 0 Å². The Labute approximate surface area is 144 Å². The number of ether oxygens (including phenoxy) is 3. The van der Waals surface area contributed by atoms with Crippen LogP contribution in [0.15, 0.2) is 21.9 Å². The molecule has 1 saturated heterocycles. The third-order valence-electron chi connectivity index (χ3n) is 5.10. The van der Waals surface area contributed by atoms with Gasteiger partial charge in [0.1, 0.15) is 12.8 Å². The van der Waals surface area contributed by atoms with Gasteiger partial charge in [-0.05, 0) is 44.9 Å². The molecule has 2 atom stereocenters. The molecule has 0 bridgehead atoms. The number of carbonyl (C=O) groups excluding carboxylic acids is 1. The van der Waals surface area contributed by atoms with Gasteiger partial charge in [0.05, 0.1) is 12.2 Å². The van der Waals surface area contributed by atoms with Gasteiger partial charge in [-0.3, -0.25) is 14.3 Å². The summed E-state index contributed by atoms with van der Waals surface area (Å²) in [5, 5.41) is 0. The first-order valence-electron chi connectivity index (χ1n) is 8.88. The number of H-pyrrole nitrogens is 1. The summed E-state index contributed by atoms with van der Waals surface area (Å²) >= 11 is 0. The van der Waals surface area contributed by atoms with Gasteiger partial charge in [-0.2, -0.15) is 0 Å². The van der Waals surface area contributed by atoms with Gasteiger partial charge in [0, 0.05) is 12.3 Å². The highest BCUT2D eigenvalue weighted by Crippen LogP contribution is 2.42. The maximum absolute atomic E-state index is 12.4. The lowest BCUT2D eigenvalue weighted by Crippen LogP contribution is -2.50. The molecule has 1 aromatic rings. The molecular weight excluding hydrogens is 328 g/mol. The molecule has 25 heavy (non-hydrogen) atoms. The van der Waals surface area contributed by atoms with E-state index in [4.69, 9.17) is 14.2 Å². The monoisotopic (exact) mass is 350 g/mol. The van der Waals surface area contributed by atoms with Crippen molar-refractivity contribution in [1.29, 1.82) is 0 Å². The van der Waals surface area contributed by atoms with Gasteiger partial charge < -0.3 is 14.2 Å². The molecule has 1 aliphatic heterocycles. The average Bonchev–Trinajstić information content (AvgIpc) is 3.24. The first kappa shape index (κ1) is 16.5. The minimum atomic E-state index is -0.741. The fourth-order valence-electron chi connectivity index (χ4n) is 3.34.